The smallest absolute Gasteiger partial charge is 0.191 e. The lowest BCUT2D eigenvalue weighted by atomic mass is 10.1. The van der Waals surface area contributed by atoms with Gasteiger partial charge < -0.3 is 15.4 Å². The van der Waals surface area contributed by atoms with E-state index in [-0.39, 0.29) is 24.0 Å². The third-order valence-electron chi connectivity index (χ3n) is 2.63. The Morgan fingerprint density at radius 1 is 1.22 bits per heavy atom. The average Bonchev–Trinajstić information content (AvgIpc) is 2.28. The minimum Gasteiger partial charge on any atom is -0.382 e. The number of guanidine groups is 1. The van der Waals surface area contributed by atoms with Gasteiger partial charge >= 0.3 is 0 Å². The van der Waals surface area contributed by atoms with Gasteiger partial charge in [0.2, 0.25) is 0 Å². The van der Waals surface area contributed by atoms with Gasteiger partial charge in [-0.2, -0.15) is 0 Å². The third kappa shape index (κ3) is 11.1. The molecule has 5 heteroatoms. The predicted molar refractivity (Wildman–Crippen MR) is 89.9 cm³/mol. The highest BCUT2D eigenvalue weighted by Gasteiger charge is 2.08. The molecule has 0 saturated heterocycles. The lowest BCUT2D eigenvalue weighted by molar-refractivity contribution is 0.146. The second kappa shape index (κ2) is 13.4. The van der Waals surface area contributed by atoms with Gasteiger partial charge in [0.05, 0.1) is 0 Å². The van der Waals surface area contributed by atoms with E-state index in [9.17, 15) is 0 Å². The zero-order valence-corrected chi connectivity index (χ0v) is 14.8. The molecule has 1 unspecified atom stereocenters. The van der Waals surface area contributed by atoms with E-state index < -0.39 is 0 Å². The number of ether oxygens (including phenoxy) is 1. The summed E-state index contributed by atoms with van der Waals surface area (Å²) in [6.07, 6.45) is 0.973. The van der Waals surface area contributed by atoms with E-state index in [1.807, 2.05) is 6.92 Å². The Labute approximate surface area is 129 Å². The standard InChI is InChI=1S/C13H29N3O.HI/c1-6-14-13(16-12(5)11(3)4)15-9-8-10-17-7-2;/h11-12H,6-10H2,1-5H3,(H2,14,15,16);1H. The summed E-state index contributed by atoms with van der Waals surface area (Å²) in [4.78, 5) is 4.52. The second-order valence-corrected chi connectivity index (χ2v) is 4.49. The second-order valence-electron chi connectivity index (χ2n) is 4.49. The Balaban J connectivity index is 0. The van der Waals surface area contributed by atoms with Gasteiger partial charge in [-0.25, -0.2) is 0 Å². The summed E-state index contributed by atoms with van der Waals surface area (Å²) < 4.78 is 5.28. The Kier molecular flexibility index (Phi) is 15.1. The minimum absolute atomic E-state index is 0. The molecule has 0 aliphatic rings. The number of hydrogen-bond acceptors (Lipinski definition) is 2. The first kappa shape index (κ1) is 20.3. The number of halogens is 1. The summed E-state index contributed by atoms with van der Waals surface area (Å²) in [5, 5.41) is 6.66. The molecule has 0 aliphatic heterocycles. The quantitative estimate of drug-likeness (QED) is 0.298. The van der Waals surface area contributed by atoms with Crippen LogP contribution in [-0.4, -0.2) is 38.3 Å². The molecule has 0 rings (SSSR count). The molecule has 0 aromatic carbocycles. The van der Waals surface area contributed by atoms with Gasteiger partial charge in [-0.1, -0.05) is 13.8 Å². The maximum absolute atomic E-state index is 5.28. The first-order valence-electron chi connectivity index (χ1n) is 6.74. The van der Waals surface area contributed by atoms with Crippen LogP contribution in [0.3, 0.4) is 0 Å². The van der Waals surface area contributed by atoms with Crippen LogP contribution in [0.25, 0.3) is 0 Å². The average molecular weight is 371 g/mol. The van der Waals surface area contributed by atoms with E-state index in [2.05, 4.69) is 43.3 Å². The summed E-state index contributed by atoms with van der Waals surface area (Å²) in [6.45, 7) is 14.0. The Bertz CT molecular complexity index is 210. The number of nitrogens with zero attached hydrogens (tertiary/aromatic N) is 1. The van der Waals surface area contributed by atoms with Crippen molar-refractivity contribution in [3.8, 4) is 0 Å². The summed E-state index contributed by atoms with van der Waals surface area (Å²) in [5.41, 5.74) is 0. The highest BCUT2D eigenvalue weighted by Crippen LogP contribution is 1.99. The molecule has 1 atom stereocenters. The molecule has 0 spiro atoms. The highest BCUT2D eigenvalue weighted by atomic mass is 127. The van der Waals surface area contributed by atoms with E-state index in [1.165, 1.54) is 0 Å². The van der Waals surface area contributed by atoms with Crippen molar-refractivity contribution in [1.82, 2.24) is 10.6 Å². The van der Waals surface area contributed by atoms with Gasteiger partial charge in [0.15, 0.2) is 5.96 Å². The summed E-state index contributed by atoms with van der Waals surface area (Å²) in [5.74, 6) is 1.51. The highest BCUT2D eigenvalue weighted by molar-refractivity contribution is 14.0. The van der Waals surface area contributed by atoms with Gasteiger partial charge in [0.25, 0.3) is 0 Å². The summed E-state index contributed by atoms with van der Waals surface area (Å²) in [7, 11) is 0. The zero-order valence-electron chi connectivity index (χ0n) is 12.5. The number of hydrogen-bond donors (Lipinski definition) is 2. The predicted octanol–water partition coefficient (Wildman–Crippen LogP) is 2.63. The summed E-state index contributed by atoms with van der Waals surface area (Å²) in [6, 6.07) is 0.430. The molecule has 0 heterocycles. The molecule has 0 aromatic rings. The Morgan fingerprint density at radius 2 is 1.89 bits per heavy atom. The van der Waals surface area contributed by atoms with Crippen molar-refractivity contribution in [1.29, 1.82) is 0 Å². The van der Waals surface area contributed by atoms with Crippen LogP contribution in [0, 0.1) is 5.92 Å². The SMILES string of the molecule is CCNC(=NCCCOCC)NC(C)C(C)C.I. The van der Waals surface area contributed by atoms with Gasteiger partial charge in [0.1, 0.15) is 0 Å². The van der Waals surface area contributed by atoms with Gasteiger partial charge in [-0.3, -0.25) is 4.99 Å². The van der Waals surface area contributed by atoms with Crippen LogP contribution < -0.4 is 10.6 Å². The molecule has 0 fully saturated rings. The van der Waals surface area contributed by atoms with Crippen molar-refractivity contribution in [2.24, 2.45) is 10.9 Å². The van der Waals surface area contributed by atoms with Crippen LogP contribution >= 0.6 is 24.0 Å². The van der Waals surface area contributed by atoms with Crippen molar-refractivity contribution in [2.45, 2.75) is 47.1 Å². The van der Waals surface area contributed by atoms with Crippen molar-refractivity contribution >= 4 is 29.9 Å². The number of rotatable bonds is 8. The van der Waals surface area contributed by atoms with Gasteiger partial charge in [0, 0.05) is 32.3 Å². The third-order valence-corrected chi connectivity index (χ3v) is 2.63. The van der Waals surface area contributed by atoms with Crippen molar-refractivity contribution in [2.75, 3.05) is 26.3 Å². The van der Waals surface area contributed by atoms with E-state index in [0.29, 0.717) is 12.0 Å². The van der Waals surface area contributed by atoms with Crippen LogP contribution in [0.15, 0.2) is 4.99 Å². The fourth-order valence-electron chi connectivity index (χ4n) is 1.20. The normalized spacial score (nSPS) is 13.1. The molecule has 0 bridgehead atoms. The molecule has 4 nitrogen and oxygen atoms in total. The van der Waals surface area contributed by atoms with E-state index >= 15 is 0 Å². The van der Waals surface area contributed by atoms with Crippen LogP contribution in [0.5, 0.6) is 0 Å². The molecule has 2 N–H and O–H groups in total. The van der Waals surface area contributed by atoms with Crippen LogP contribution in [0.2, 0.25) is 0 Å². The number of aliphatic imine (C=N–C) groups is 1. The zero-order chi connectivity index (χ0) is 13.1. The van der Waals surface area contributed by atoms with Crippen molar-refractivity contribution in [3.05, 3.63) is 0 Å². The molecule has 18 heavy (non-hydrogen) atoms. The molecular formula is C13H30IN3O. The van der Waals surface area contributed by atoms with Crippen LogP contribution in [0.1, 0.15) is 41.0 Å². The van der Waals surface area contributed by atoms with E-state index in [1.54, 1.807) is 0 Å². The molecule has 0 radical (unpaired) electrons. The number of nitrogens with one attached hydrogen (secondary N) is 2. The van der Waals surface area contributed by atoms with Crippen molar-refractivity contribution in [3.63, 3.8) is 0 Å². The maximum Gasteiger partial charge on any atom is 0.191 e. The molecule has 0 amide bonds. The van der Waals surface area contributed by atoms with Crippen LogP contribution in [0.4, 0.5) is 0 Å². The first-order chi connectivity index (χ1) is 8.11. The molecule has 110 valence electrons. The van der Waals surface area contributed by atoms with Crippen LogP contribution in [-0.2, 0) is 4.74 Å². The summed E-state index contributed by atoms with van der Waals surface area (Å²) >= 11 is 0. The monoisotopic (exact) mass is 371 g/mol. The van der Waals surface area contributed by atoms with Gasteiger partial charge in [-0.15, -0.1) is 24.0 Å². The Morgan fingerprint density at radius 3 is 2.39 bits per heavy atom. The lowest BCUT2D eigenvalue weighted by Gasteiger charge is -2.20. The topological polar surface area (TPSA) is 45.7 Å². The Hall–Kier alpha value is -0.0400. The van der Waals surface area contributed by atoms with Crippen molar-refractivity contribution < 1.29 is 4.74 Å². The van der Waals surface area contributed by atoms with E-state index in [0.717, 1.165) is 38.7 Å². The fourth-order valence-corrected chi connectivity index (χ4v) is 1.20. The fraction of sp³-hybridized carbons (Fsp3) is 0.923. The molecule has 0 aromatic heterocycles. The lowest BCUT2D eigenvalue weighted by Crippen LogP contribution is -2.44. The molecule has 0 aliphatic carbocycles. The molecule has 0 saturated carbocycles. The largest absolute Gasteiger partial charge is 0.382 e. The minimum atomic E-state index is 0. The van der Waals surface area contributed by atoms with Gasteiger partial charge in [-0.05, 0) is 33.1 Å². The molecular weight excluding hydrogens is 341 g/mol. The van der Waals surface area contributed by atoms with E-state index in [4.69, 9.17) is 4.74 Å². The maximum atomic E-state index is 5.28. The first-order valence-corrected chi connectivity index (χ1v) is 6.74.